The van der Waals surface area contributed by atoms with Crippen LogP contribution in [0.3, 0.4) is 0 Å². The van der Waals surface area contributed by atoms with Crippen LogP contribution >= 0.6 is 35.4 Å². The van der Waals surface area contributed by atoms with Crippen LogP contribution in [0.25, 0.3) is 0 Å². The van der Waals surface area contributed by atoms with Crippen molar-refractivity contribution in [2.45, 2.75) is 6.18 Å². The summed E-state index contributed by atoms with van der Waals surface area (Å²) in [5, 5.41) is 3.79. The summed E-state index contributed by atoms with van der Waals surface area (Å²) >= 11 is 16.3. The van der Waals surface area contributed by atoms with Crippen molar-refractivity contribution in [3.05, 3.63) is 57.1 Å². The van der Waals surface area contributed by atoms with E-state index in [1.807, 2.05) is 0 Å². The average Bonchev–Trinajstić information content (AvgIpc) is 2.52. The molecule has 0 fully saturated rings. The molecule has 2 rings (SSSR count). The van der Waals surface area contributed by atoms with Crippen LogP contribution in [0.5, 0.6) is 0 Å². The molecule has 140 valence electrons. The third kappa shape index (κ3) is 4.13. The number of rotatable bonds is 2. The molecule has 0 aliphatic heterocycles. The first-order chi connectivity index (χ1) is 11.9. The molecule has 0 unspecified atom stereocenters. The smallest absolute Gasteiger partial charge is 0.331 e. The van der Waals surface area contributed by atoms with E-state index < -0.39 is 45.8 Å². The van der Waals surface area contributed by atoms with Crippen molar-refractivity contribution in [3.8, 4) is 0 Å². The van der Waals surface area contributed by atoms with Crippen LogP contribution in [0.2, 0.25) is 10.0 Å². The minimum Gasteiger partial charge on any atom is -0.331 e. The maximum absolute atomic E-state index is 13.8. The predicted octanol–water partition coefficient (Wildman–Crippen LogP) is 6.38. The topological polar surface area (TPSA) is 24.1 Å². The molecule has 0 bridgehead atoms. The van der Waals surface area contributed by atoms with Crippen molar-refractivity contribution >= 4 is 51.9 Å². The molecule has 0 aliphatic rings. The lowest BCUT2D eigenvalue weighted by atomic mass is 10.1. The number of hydrogen-bond acceptors (Lipinski definition) is 1. The fourth-order valence-corrected chi connectivity index (χ4v) is 2.40. The van der Waals surface area contributed by atoms with Gasteiger partial charge in [-0.1, -0.05) is 23.2 Å². The first kappa shape index (κ1) is 20.5. The maximum Gasteiger partial charge on any atom is 0.422 e. The van der Waals surface area contributed by atoms with Crippen LogP contribution in [0.4, 0.5) is 42.1 Å². The van der Waals surface area contributed by atoms with Gasteiger partial charge in [0.25, 0.3) is 0 Å². The van der Waals surface area contributed by atoms with Crippen LogP contribution in [-0.2, 0) is 6.18 Å². The Morgan fingerprint density at radius 1 is 0.885 bits per heavy atom. The normalized spacial score (nSPS) is 11.4. The molecule has 2 N–H and O–H groups in total. The van der Waals surface area contributed by atoms with Gasteiger partial charge in [0.1, 0.15) is 11.3 Å². The third-order valence-electron chi connectivity index (χ3n) is 2.96. The fraction of sp³-hybridized carbons (Fsp3) is 0.0714. The van der Waals surface area contributed by atoms with E-state index in [-0.39, 0.29) is 15.7 Å². The average molecular weight is 437 g/mol. The molecule has 26 heavy (non-hydrogen) atoms. The van der Waals surface area contributed by atoms with Gasteiger partial charge in [-0.05, 0) is 30.4 Å². The van der Waals surface area contributed by atoms with Gasteiger partial charge in [-0.2, -0.15) is 13.2 Å². The Morgan fingerprint density at radius 2 is 1.42 bits per heavy atom. The molecule has 0 atom stereocenters. The first-order valence-corrected chi connectivity index (χ1v) is 7.56. The Morgan fingerprint density at radius 3 is 1.92 bits per heavy atom. The molecule has 0 spiro atoms. The van der Waals surface area contributed by atoms with E-state index in [1.54, 1.807) is 5.32 Å². The minimum absolute atomic E-state index is 0.0744. The van der Waals surface area contributed by atoms with Gasteiger partial charge in [0.2, 0.25) is 0 Å². The standard InChI is InChI=1S/C14H5Cl2F7N2S/c15-4-1-2-5(16)6(3-4)24-13(26)25-12-10(19)8(17)7(14(21,22)23)9(18)11(12)20/h1-3H,(H2,24,25,26). The van der Waals surface area contributed by atoms with Crippen molar-refractivity contribution in [1.29, 1.82) is 0 Å². The highest BCUT2D eigenvalue weighted by Crippen LogP contribution is 2.38. The predicted molar refractivity (Wildman–Crippen MR) is 87.6 cm³/mol. The lowest BCUT2D eigenvalue weighted by Crippen LogP contribution is -2.23. The summed E-state index contributed by atoms with van der Waals surface area (Å²) in [6.45, 7) is 0. The van der Waals surface area contributed by atoms with Crippen LogP contribution in [0.1, 0.15) is 5.56 Å². The van der Waals surface area contributed by atoms with Gasteiger partial charge in [0, 0.05) is 5.02 Å². The number of thiocarbonyl (C=S) groups is 1. The van der Waals surface area contributed by atoms with E-state index in [4.69, 9.17) is 35.4 Å². The minimum atomic E-state index is -5.64. The van der Waals surface area contributed by atoms with Crippen LogP contribution in [0.15, 0.2) is 18.2 Å². The highest BCUT2D eigenvalue weighted by atomic mass is 35.5. The molecule has 0 aliphatic carbocycles. The summed E-state index contributed by atoms with van der Waals surface area (Å²) in [7, 11) is 0. The van der Waals surface area contributed by atoms with Gasteiger partial charge >= 0.3 is 6.18 Å². The Kier molecular flexibility index (Phi) is 5.89. The second-order valence-electron chi connectivity index (χ2n) is 4.71. The molecule has 0 saturated carbocycles. The summed E-state index contributed by atoms with van der Waals surface area (Å²) in [5.41, 5.74) is -4.15. The fourth-order valence-electron chi connectivity index (χ4n) is 1.85. The zero-order valence-corrected chi connectivity index (χ0v) is 14.4. The Balaban J connectivity index is 2.38. The van der Waals surface area contributed by atoms with Crippen molar-refractivity contribution in [1.82, 2.24) is 0 Å². The second-order valence-corrected chi connectivity index (χ2v) is 5.96. The summed E-state index contributed by atoms with van der Waals surface area (Å²) in [4.78, 5) is 0. The van der Waals surface area contributed by atoms with Crippen molar-refractivity contribution in [2.24, 2.45) is 0 Å². The van der Waals surface area contributed by atoms with Gasteiger partial charge in [-0.15, -0.1) is 0 Å². The van der Waals surface area contributed by atoms with Crippen LogP contribution in [0, 0.1) is 23.3 Å². The lowest BCUT2D eigenvalue weighted by molar-refractivity contribution is -0.143. The first-order valence-electron chi connectivity index (χ1n) is 6.39. The number of alkyl halides is 3. The molecule has 2 nitrogen and oxygen atoms in total. The van der Waals surface area contributed by atoms with Gasteiger partial charge in [0.15, 0.2) is 28.4 Å². The maximum atomic E-state index is 13.8. The number of halogens is 9. The van der Waals surface area contributed by atoms with E-state index in [0.717, 1.165) is 0 Å². The summed E-state index contributed by atoms with van der Waals surface area (Å²) < 4.78 is 92.3. The van der Waals surface area contributed by atoms with E-state index in [9.17, 15) is 30.7 Å². The van der Waals surface area contributed by atoms with E-state index in [2.05, 4.69) is 5.32 Å². The number of hydrogen-bond donors (Lipinski definition) is 2. The molecule has 0 heterocycles. The summed E-state index contributed by atoms with van der Waals surface area (Å²) in [6.07, 6.45) is -5.64. The molecule has 0 radical (unpaired) electrons. The van der Waals surface area contributed by atoms with E-state index >= 15 is 0 Å². The lowest BCUT2D eigenvalue weighted by Gasteiger charge is -2.16. The zero-order chi connectivity index (χ0) is 19.8. The molecule has 0 saturated heterocycles. The molecule has 0 amide bonds. The number of anilines is 2. The molecular formula is C14H5Cl2F7N2S. The summed E-state index contributed by atoms with van der Waals surface area (Å²) in [6, 6.07) is 4.05. The molecule has 12 heteroatoms. The largest absolute Gasteiger partial charge is 0.422 e. The van der Waals surface area contributed by atoms with E-state index in [0.29, 0.717) is 0 Å². The number of benzene rings is 2. The SMILES string of the molecule is Fc1c(F)c(C(F)(F)F)c(F)c(F)c1NC(=S)Nc1cc(Cl)ccc1Cl. The van der Waals surface area contributed by atoms with Gasteiger partial charge in [-0.3, -0.25) is 0 Å². The van der Waals surface area contributed by atoms with Crippen molar-refractivity contribution in [2.75, 3.05) is 10.6 Å². The molecule has 0 aromatic heterocycles. The molecular weight excluding hydrogens is 432 g/mol. The zero-order valence-electron chi connectivity index (χ0n) is 12.0. The van der Waals surface area contributed by atoms with Crippen LogP contribution in [-0.4, -0.2) is 5.11 Å². The Bertz CT molecular complexity index is 858. The quantitative estimate of drug-likeness (QED) is 0.324. The Hall–Kier alpha value is -1.78. The number of nitrogens with one attached hydrogen (secondary N) is 2. The van der Waals surface area contributed by atoms with E-state index in [1.165, 1.54) is 18.2 Å². The van der Waals surface area contributed by atoms with Gasteiger partial charge in [0.05, 0.1) is 10.7 Å². The monoisotopic (exact) mass is 436 g/mol. The summed E-state index contributed by atoms with van der Waals surface area (Å²) in [5.74, 6) is -9.81. The highest BCUT2D eigenvalue weighted by Gasteiger charge is 2.42. The van der Waals surface area contributed by atoms with Crippen molar-refractivity contribution < 1.29 is 30.7 Å². The Labute approximate surface area is 156 Å². The second kappa shape index (κ2) is 7.45. The molecule has 2 aromatic rings. The third-order valence-corrected chi connectivity index (χ3v) is 3.73. The molecule has 2 aromatic carbocycles. The highest BCUT2D eigenvalue weighted by molar-refractivity contribution is 7.80. The van der Waals surface area contributed by atoms with Gasteiger partial charge < -0.3 is 10.6 Å². The van der Waals surface area contributed by atoms with Crippen molar-refractivity contribution in [3.63, 3.8) is 0 Å². The van der Waals surface area contributed by atoms with Crippen LogP contribution < -0.4 is 10.6 Å². The van der Waals surface area contributed by atoms with Gasteiger partial charge in [-0.25, -0.2) is 17.6 Å².